The molecule has 0 aliphatic rings. The highest BCUT2D eigenvalue weighted by Crippen LogP contribution is 2.36. The fourth-order valence-electron chi connectivity index (χ4n) is 1.54. The Kier molecular flexibility index (Phi) is 7.93. The van der Waals surface area contributed by atoms with Gasteiger partial charge in [-0.2, -0.15) is 0 Å². The van der Waals surface area contributed by atoms with Crippen molar-refractivity contribution < 1.29 is 4.43 Å². The maximum Gasteiger partial charge on any atom is 0.249 e. The molecule has 2 heteroatoms. The van der Waals surface area contributed by atoms with E-state index in [1.165, 1.54) is 25.7 Å². The molecular weight excluding hydrogens is 236 g/mol. The molecule has 0 N–H and O–H groups in total. The molecule has 0 aliphatic carbocycles. The number of hydrogen-bond donors (Lipinski definition) is 0. The molecule has 0 aromatic carbocycles. The van der Waals surface area contributed by atoms with Gasteiger partial charge in [-0.25, -0.2) is 0 Å². The predicted octanol–water partition coefficient (Wildman–Crippen LogP) is 6.13. The van der Waals surface area contributed by atoms with E-state index in [0.717, 1.165) is 12.3 Å². The Balaban J connectivity index is 3.85. The van der Waals surface area contributed by atoms with Crippen LogP contribution in [0.2, 0.25) is 18.1 Å². The topological polar surface area (TPSA) is 9.23 Å². The van der Waals surface area contributed by atoms with Crippen molar-refractivity contribution in [2.45, 2.75) is 84.9 Å². The summed E-state index contributed by atoms with van der Waals surface area (Å²) < 4.78 is 6.02. The van der Waals surface area contributed by atoms with Crippen LogP contribution in [0, 0.1) is 5.92 Å². The van der Waals surface area contributed by atoms with Crippen molar-refractivity contribution >= 4 is 8.32 Å². The standard InChI is InChI=1S/C16H34OSi/c1-8-9-12-15(2)13-10-11-14-17-18(6,7)16(3,4)5/h11,14-15H,8-10,12-13H2,1-7H3. The van der Waals surface area contributed by atoms with Gasteiger partial charge in [-0.3, -0.25) is 0 Å². The second kappa shape index (κ2) is 8.03. The molecule has 0 amide bonds. The minimum Gasteiger partial charge on any atom is -0.549 e. The highest BCUT2D eigenvalue weighted by atomic mass is 28.4. The summed E-state index contributed by atoms with van der Waals surface area (Å²) in [7, 11) is -1.59. The van der Waals surface area contributed by atoms with E-state index < -0.39 is 8.32 Å². The Labute approximate surface area is 116 Å². The summed E-state index contributed by atoms with van der Waals surface area (Å²) in [5.74, 6) is 0.850. The van der Waals surface area contributed by atoms with E-state index in [9.17, 15) is 0 Å². The van der Waals surface area contributed by atoms with E-state index in [-0.39, 0.29) is 0 Å². The fraction of sp³-hybridized carbons (Fsp3) is 0.875. The second-order valence-electron chi connectivity index (χ2n) is 7.07. The number of allylic oxidation sites excluding steroid dienone is 1. The highest BCUT2D eigenvalue weighted by Gasteiger charge is 2.37. The average molecular weight is 271 g/mol. The predicted molar refractivity (Wildman–Crippen MR) is 85.3 cm³/mol. The maximum absolute atomic E-state index is 6.02. The molecule has 0 spiro atoms. The lowest BCUT2D eigenvalue weighted by molar-refractivity contribution is 0.424. The van der Waals surface area contributed by atoms with E-state index >= 15 is 0 Å². The van der Waals surface area contributed by atoms with E-state index in [0.29, 0.717) is 5.04 Å². The normalized spacial score (nSPS) is 15.1. The van der Waals surface area contributed by atoms with Crippen molar-refractivity contribution in [1.29, 1.82) is 0 Å². The van der Waals surface area contributed by atoms with Crippen molar-refractivity contribution in [3.8, 4) is 0 Å². The van der Waals surface area contributed by atoms with Gasteiger partial charge in [0, 0.05) is 0 Å². The Hall–Kier alpha value is -0.243. The summed E-state index contributed by atoms with van der Waals surface area (Å²) in [5.41, 5.74) is 0. The molecule has 18 heavy (non-hydrogen) atoms. The largest absolute Gasteiger partial charge is 0.549 e. The summed E-state index contributed by atoms with van der Waals surface area (Å²) in [5, 5.41) is 0.297. The van der Waals surface area contributed by atoms with Crippen LogP contribution in [-0.2, 0) is 4.43 Å². The van der Waals surface area contributed by atoms with Crippen LogP contribution in [0.25, 0.3) is 0 Å². The van der Waals surface area contributed by atoms with Crippen LogP contribution in [0.3, 0.4) is 0 Å². The van der Waals surface area contributed by atoms with Gasteiger partial charge in [0.05, 0.1) is 6.26 Å². The molecule has 0 aliphatic heterocycles. The first-order chi connectivity index (χ1) is 8.20. The van der Waals surface area contributed by atoms with Crippen LogP contribution in [0.1, 0.15) is 66.7 Å². The van der Waals surface area contributed by atoms with Crippen molar-refractivity contribution in [2.75, 3.05) is 0 Å². The van der Waals surface area contributed by atoms with Crippen molar-refractivity contribution in [3.63, 3.8) is 0 Å². The first kappa shape index (κ1) is 17.8. The zero-order chi connectivity index (χ0) is 14.2. The van der Waals surface area contributed by atoms with Gasteiger partial charge in [0.2, 0.25) is 8.32 Å². The van der Waals surface area contributed by atoms with Crippen molar-refractivity contribution in [2.24, 2.45) is 5.92 Å². The van der Waals surface area contributed by atoms with Gasteiger partial charge in [-0.1, -0.05) is 60.0 Å². The van der Waals surface area contributed by atoms with Gasteiger partial charge in [-0.15, -0.1) is 0 Å². The van der Waals surface area contributed by atoms with Crippen molar-refractivity contribution in [3.05, 3.63) is 12.3 Å². The quantitative estimate of drug-likeness (QED) is 0.381. The first-order valence-electron chi connectivity index (χ1n) is 7.53. The molecule has 1 nitrogen and oxygen atoms in total. The van der Waals surface area contributed by atoms with Gasteiger partial charge in [0.25, 0.3) is 0 Å². The fourth-order valence-corrected chi connectivity index (χ4v) is 2.33. The highest BCUT2D eigenvalue weighted by molar-refractivity contribution is 6.74. The van der Waals surface area contributed by atoms with Crippen LogP contribution >= 0.6 is 0 Å². The van der Waals surface area contributed by atoms with Gasteiger partial charge >= 0.3 is 0 Å². The zero-order valence-corrected chi connectivity index (χ0v) is 14.7. The molecule has 0 heterocycles. The first-order valence-corrected chi connectivity index (χ1v) is 10.4. The summed E-state index contributed by atoms with van der Waals surface area (Å²) in [6, 6.07) is 0. The molecule has 0 rings (SSSR count). The Morgan fingerprint density at radius 1 is 1.17 bits per heavy atom. The number of hydrogen-bond acceptors (Lipinski definition) is 1. The van der Waals surface area contributed by atoms with Gasteiger partial charge < -0.3 is 4.43 Å². The van der Waals surface area contributed by atoms with Gasteiger partial charge in [0.15, 0.2) is 0 Å². The molecule has 0 fully saturated rings. The maximum atomic E-state index is 6.02. The van der Waals surface area contributed by atoms with Crippen LogP contribution in [0.5, 0.6) is 0 Å². The number of unbranched alkanes of at least 4 members (excludes halogenated alkanes) is 1. The molecule has 0 aromatic rings. The summed E-state index contributed by atoms with van der Waals surface area (Å²) in [4.78, 5) is 0. The van der Waals surface area contributed by atoms with E-state index in [1.807, 2.05) is 6.26 Å². The van der Waals surface area contributed by atoms with E-state index in [4.69, 9.17) is 4.43 Å². The monoisotopic (exact) mass is 270 g/mol. The van der Waals surface area contributed by atoms with Gasteiger partial charge in [0.1, 0.15) is 0 Å². The molecule has 0 saturated carbocycles. The van der Waals surface area contributed by atoms with Crippen LogP contribution < -0.4 is 0 Å². The van der Waals surface area contributed by atoms with E-state index in [2.05, 4.69) is 53.8 Å². The van der Waals surface area contributed by atoms with E-state index in [1.54, 1.807) is 0 Å². The third-order valence-electron chi connectivity index (χ3n) is 4.14. The second-order valence-corrected chi connectivity index (χ2v) is 11.8. The molecule has 0 saturated heterocycles. The summed E-state index contributed by atoms with van der Waals surface area (Å²) in [6.45, 7) is 16.0. The molecule has 0 bridgehead atoms. The molecule has 1 unspecified atom stereocenters. The lowest BCUT2D eigenvalue weighted by atomic mass is 9.99. The van der Waals surface area contributed by atoms with Crippen LogP contribution in [0.4, 0.5) is 0 Å². The third kappa shape index (κ3) is 7.25. The SMILES string of the molecule is CCCCC(C)CCC=CO[Si](C)(C)C(C)(C)C. The van der Waals surface area contributed by atoms with Crippen LogP contribution in [0.15, 0.2) is 12.3 Å². The lowest BCUT2D eigenvalue weighted by Gasteiger charge is -2.35. The average Bonchev–Trinajstić information content (AvgIpc) is 2.24. The minimum absolute atomic E-state index is 0.297. The van der Waals surface area contributed by atoms with Crippen LogP contribution in [-0.4, -0.2) is 8.32 Å². The lowest BCUT2D eigenvalue weighted by Crippen LogP contribution is -2.39. The zero-order valence-electron chi connectivity index (χ0n) is 13.7. The molecule has 1 atom stereocenters. The molecule has 0 radical (unpaired) electrons. The van der Waals surface area contributed by atoms with Gasteiger partial charge in [-0.05, 0) is 36.9 Å². The molecular formula is C16H34OSi. The summed E-state index contributed by atoms with van der Waals surface area (Å²) >= 11 is 0. The molecule has 0 aromatic heterocycles. The minimum atomic E-state index is -1.59. The molecule has 108 valence electrons. The van der Waals surface area contributed by atoms with Crippen molar-refractivity contribution in [1.82, 2.24) is 0 Å². The Morgan fingerprint density at radius 3 is 2.28 bits per heavy atom. The Bertz CT molecular complexity index is 238. The number of rotatable bonds is 8. The Morgan fingerprint density at radius 2 is 1.78 bits per heavy atom. The smallest absolute Gasteiger partial charge is 0.249 e. The summed E-state index contributed by atoms with van der Waals surface area (Å²) in [6.07, 6.45) is 10.7. The third-order valence-corrected chi connectivity index (χ3v) is 8.48.